The second-order valence-corrected chi connectivity index (χ2v) is 8.87. The van der Waals surface area contributed by atoms with Gasteiger partial charge in [0.25, 0.3) is 0 Å². The Morgan fingerprint density at radius 1 is 1.23 bits per heavy atom. The summed E-state index contributed by atoms with van der Waals surface area (Å²) in [6, 6.07) is 2.89. The van der Waals surface area contributed by atoms with Gasteiger partial charge >= 0.3 is 6.09 Å². The van der Waals surface area contributed by atoms with E-state index in [2.05, 4.69) is 0 Å². The molecule has 1 fully saturated rings. The fourth-order valence-electron chi connectivity index (χ4n) is 4.24. The molecule has 172 valence electrons. The number of methoxy groups -OCH3 is 1. The van der Waals surface area contributed by atoms with Crippen LogP contribution in [0.2, 0.25) is 0 Å². The summed E-state index contributed by atoms with van der Waals surface area (Å²) < 4.78 is 31.3. The van der Waals surface area contributed by atoms with Crippen molar-refractivity contribution in [3.8, 4) is 5.75 Å². The van der Waals surface area contributed by atoms with Crippen LogP contribution in [-0.2, 0) is 19.7 Å². The van der Waals surface area contributed by atoms with E-state index in [4.69, 9.17) is 19.3 Å². The van der Waals surface area contributed by atoms with E-state index in [1.807, 2.05) is 0 Å². The second kappa shape index (κ2) is 9.00. The number of halogens is 1. The molecule has 2 heterocycles. The van der Waals surface area contributed by atoms with Crippen LogP contribution >= 0.6 is 0 Å². The maximum Gasteiger partial charge on any atom is 0.410 e. The van der Waals surface area contributed by atoms with Gasteiger partial charge in [-0.25, -0.2) is 9.18 Å². The van der Waals surface area contributed by atoms with Crippen LogP contribution in [0.4, 0.5) is 14.9 Å². The van der Waals surface area contributed by atoms with Crippen molar-refractivity contribution in [3.05, 3.63) is 23.5 Å². The Labute approximate surface area is 181 Å². The smallest absolute Gasteiger partial charge is 0.410 e. The summed E-state index contributed by atoms with van der Waals surface area (Å²) in [5.74, 6) is -0.463. The number of amides is 2. The highest BCUT2D eigenvalue weighted by atomic mass is 19.1. The van der Waals surface area contributed by atoms with Crippen molar-refractivity contribution in [2.24, 2.45) is 0 Å². The zero-order valence-corrected chi connectivity index (χ0v) is 18.6. The Morgan fingerprint density at radius 3 is 2.48 bits per heavy atom. The highest BCUT2D eigenvalue weighted by molar-refractivity contribution is 6.08. The number of nitrogens with zero attached hydrogens (tertiary/aromatic N) is 2. The van der Waals surface area contributed by atoms with Crippen LogP contribution < -0.4 is 9.64 Å². The number of hydrogen-bond acceptors (Lipinski definition) is 6. The van der Waals surface area contributed by atoms with Gasteiger partial charge in [0.2, 0.25) is 5.91 Å². The van der Waals surface area contributed by atoms with Crippen LogP contribution in [0.25, 0.3) is 0 Å². The number of rotatable bonds is 6. The number of piperidine rings is 1. The first-order valence-corrected chi connectivity index (χ1v) is 10.5. The highest BCUT2D eigenvalue weighted by Gasteiger charge is 2.54. The summed E-state index contributed by atoms with van der Waals surface area (Å²) in [6.07, 6.45) is 0.169. The summed E-state index contributed by atoms with van der Waals surface area (Å²) in [5, 5.41) is 9.00. The van der Waals surface area contributed by atoms with Gasteiger partial charge in [0.15, 0.2) is 0 Å². The molecule has 0 saturated carbocycles. The third-order valence-electron chi connectivity index (χ3n) is 5.61. The first kappa shape index (κ1) is 23.3. The molecule has 1 saturated heterocycles. The predicted octanol–water partition coefficient (Wildman–Crippen LogP) is 2.46. The molecular formula is C22H31FN2O6. The molecule has 0 radical (unpaired) electrons. The number of carbonyl (C=O) groups excluding carboxylic acids is 2. The number of benzene rings is 1. The maximum absolute atomic E-state index is 15.3. The Kier molecular flexibility index (Phi) is 6.76. The Hall–Kier alpha value is -2.39. The molecule has 0 unspecified atom stereocenters. The van der Waals surface area contributed by atoms with Crippen LogP contribution in [0.1, 0.15) is 39.2 Å². The molecule has 0 aliphatic carbocycles. The van der Waals surface area contributed by atoms with Crippen molar-refractivity contribution >= 4 is 17.7 Å². The molecule has 0 bridgehead atoms. The molecule has 1 N–H and O–H groups in total. The minimum absolute atomic E-state index is 0.0280. The Morgan fingerprint density at radius 2 is 1.90 bits per heavy atom. The first-order valence-electron chi connectivity index (χ1n) is 10.5. The fourth-order valence-corrected chi connectivity index (χ4v) is 4.24. The average molecular weight is 438 g/mol. The number of ether oxygens (including phenoxy) is 3. The Bertz CT molecular complexity index is 830. The van der Waals surface area contributed by atoms with Gasteiger partial charge in [-0.3, -0.25) is 4.79 Å². The van der Waals surface area contributed by atoms with E-state index >= 15 is 4.39 Å². The molecule has 0 atom stereocenters. The van der Waals surface area contributed by atoms with Gasteiger partial charge in [-0.2, -0.15) is 0 Å². The molecule has 1 aromatic rings. The van der Waals surface area contributed by atoms with E-state index < -0.39 is 22.9 Å². The molecule has 2 amide bonds. The summed E-state index contributed by atoms with van der Waals surface area (Å²) in [5.41, 5.74) is -0.855. The summed E-state index contributed by atoms with van der Waals surface area (Å²) in [4.78, 5) is 29.1. The number of aliphatic hydroxyl groups is 1. The van der Waals surface area contributed by atoms with Gasteiger partial charge in [-0.15, -0.1) is 0 Å². The van der Waals surface area contributed by atoms with Crippen molar-refractivity contribution in [3.63, 3.8) is 0 Å². The SMILES string of the molecule is COCCN1C(=O)C2(CCN(C(=O)OC(C)(C)C)CC2)c2c(F)cc(OCCO)cc21. The van der Waals surface area contributed by atoms with Crippen molar-refractivity contribution in [2.45, 2.75) is 44.6 Å². The van der Waals surface area contributed by atoms with Crippen molar-refractivity contribution < 1.29 is 33.3 Å². The van der Waals surface area contributed by atoms with Gasteiger partial charge in [0.1, 0.15) is 23.8 Å². The van der Waals surface area contributed by atoms with E-state index in [9.17, 15) is 9.59 Å². The van der Waals surface area contributed by atoms with E-state index in [0.717, 1.165) is 0 Å². The standard InChI is InChI=1S/C22H31FN2O6/c1-21(2,3)31-20(28)24-7-5-22(6-8-24)18-16(23)13-15(30-12-10-26)14-17(18)25(19(22)27)9-11-29-4/h13-14,26H,5-12H2,1-4H3. The quantitative estimate of drug-likeness (QED) is 0.734. The lowest BCUT2D eigenvalue weighted by Gasteiger charge is -2.39. The summed E-state index contributed by atoms with van der Waals surface area (Å²) in [6.45, 7) is 6.39. The zero-order chi connectivity index (χ0) is 22.8. The number of hydrogen-bond donors (Lipinski definition) is 1. The molecule has 9 heteroatoms. The molecule has 3 rings (SSSR count). The number of aliphatic hydroxyl groups excluding tert-OH is 1. The van der Waals surface area contributed by atoms with Gasteiger partial charge < -0.3 is 29.1 Å². The van der Waals surface area contributed by atoms with Crippen molar-refractivity contribution in [2.75, 3.05) is 51.5 Å². The van der Waals surface area contributed by atoms with E-state index in [0.29, 0.717) is 43.8 Å². The van der Waals surface area contributed by atoms with E-state index in [-0.39, 0.29) is 31.4 Å². The van der Waals surface area contributed by atoms with Crippen LogP contribution in [0.3, 0.4) is 0 Å². The normalized spacial score (nSPS) is 17.8. The third kappa shape index (κ3) is 4.62. The Balaban J connectivity index is 1.90. The molecule has 2 aliphatic heterocycles. The predicted molar refractivity (Wildman–Crippen MR) is 112 cm³/mol. The lowest BCUT2D eigenvalue weighted by atomic mass is 9.73. The molecule has 1 spiro atoms. The molecule has 31 heavy (non-hydrogen) atoms. The molecule has 0 aromatic heterocycles. The largest absolute Gasteiger partial charge is 0.491 e. The topological polar surface area (TPSA) is 88.5 Å². The van der Waals surface area contributed by atoms with Gasteiger partial charge in [0, 0.05) is 44.4 Å². The number of fused-ring (bicyclic) bond motifs is 2. The van der Waals surface area contributed by atoms with E-state index in [1.165, 1.54) is 18.1 Å². The summed E-state index contributed by atoms with van der Waals surface area (Å²) >= 11 is 0. The van der Waals surface area contributed by atoms with Crippen molar-refractivity contribution in [1.82, 2.24) is 4.90 Å². The van der Waals surface area contributed by atoms with Gasteiger partial charge in [-0.1, -0.05) is 0 Å². The van der Waals surface area contributed by atoms with Crippen LogP contribution in [0.5, 0.6) is 5.75 Å². The summed E-state index contributed by atoms with van der Waals surface area (Å²) in [7, 11) is 1.54. The second-order valence-electron chi connectivity index (χ2n) is 8.87. The fraction of sp³-hybridized carbons (Fsp3) is 0.636. The lowest BCUT2D eigenvalue weighted by molar-refractivity contribution is -0.125. The monoisotopic (exact) mass is 438 g/mol. The molecule has 8 nitrogen and oxygen atoms in total. The first-order chi connectivity index (χ1) is 14.6. The van der Waals surface area contributed by atoms with E-state index in [1.54, 1.807) is 31.7 Å². The number of anilines is 1. The van der Waals surface area contributed by atoms with Crippen LogP contribution in [-0.4, -0.2) is 74.2 Å². The third-order valence-corrected chi connectivity index (χ3v) is 5.61. The average Bonchev–Trinajstić information content (AvgIpc) is 2.92. The lowest BCUT2D eigenvalue weighted by Crippen LogP contribution is -2.51. The van der Waals surface area contributed by atoms with Crippen LogP contribution in [0.15, 0.2) is 12.1 Å². The molecular weight excluding hydrogens is 407 g/mol. The molecule has 1 aromatic carbocycles. The zero-order valence-electron chi connectivity index (χ0n) is 18.6. The minimum Gasteiger partial charge on any atom is -0.491 e. The molecule has 2 aliphatic rings. The highest BCUT2D eigenvalue weighted by Crippen LogP contribution is 2.50. The van der Waals surface area contributed by atoms with Gasteiger partial charge in [-0.05, 0) is 33.6 Å². The number of carbonyl (C=O) groups is 2. The minimum atomic E-state index is -1.04. The van der Waals surface area contributed by atoms with Crippen LogP contribution in [0, 0.1) is 5.82 Å². The van der Waals surface area contributed by atoms with Crippen molar-refractivity contribution in [1.29, 1.82) is 0 Å². The van der Waals surface area contributed by atoms with Gasteiger partial charge in [0.05, 0.1) is 24.3 Å². The maximum atomic E-state index is 15.3. The number of likely N-dealkylation sites (tertiary alicyclic amines) is 1.